The van der Waals surface area contributed by atoms with Gasteiger partial charge in [-0.25, -0.2) is 9.69 Å². The summed E-state index contributed by atoms with van der Waals surface area (Å²) in [5.41, 5.74) is 4.73. The van der Waals surface area contributed by atoms with Gasteiger partial charge in [-0.1, -0.05) is 36.4 Å². The van der Waals surface area contributed by atoms with Gasteiger partial charge in [0.2, 0.25) is 0 Å². The lowest BCUT2D eigenvalue weighted by molar-refractivity contribution is -0.122. The quantitative estimate of drug-likeness (QED) is 0.278. The lowest BCUT2D eigenvalue weighted by atomic mass is 9.97. The third-order valence-corrected chi connectivity index (χ3v) is 6.75. The number of benzene rings is 3. The highest BCUT2D eigenvalue weighted by Crippen LogP contribution is 2.31. The number of urea groups is 1. The van der Waals surface area contributed by atoms with Crippen molar-refractivity contribution in [2.75, 3.05) is 16.3 Å². The van der Waals surface area contributed by atoms with Gasteiger partial charge in [0.05, 0.1) is 5.69 Å². The molecule has 0 aliphatic carbocycles. The number of anilines is 2. The van der Waals surface area contributed by atoms with Gasteiger partial charge in [-0.15, -0.1) is 0 Å². The summed E-state index contributed by atoms with van der Waals surface area (Å²) in [7, 11) is 0. The molecule has 170 valence electrons. The van der Waals surface area contributed by atoms with Crippen LogP contribution in [0.25, 0.3) is 6.08 Å². The van der Waals surface area contributed by atoms with Crippen molar-refractivity contribution in [1.82, 2.24) is 5.32 Å². The van der Waals surface area contributed by atoms with E-state index >= 15 is 0 Å². The second kappa shape index (κ2) is 9.42. The van der Waals surface area contributed by atoms with Crippen LogP contribution in [0.4, 0.5) is 16.2 Å². The van der Waals surface area contributed by atoms with Gasteiger partial charge in [-0.05, 0) is 94.6 Å². The Morgan fingerprint density at radius 3 is 2.47 bits per heavy atom. The van der Waals surface area contributed by atoms with E-state index in [1.165, 1.54) is 16.8 Å². The highest BCUT2D eigenvalue weighted by molar-refractivity contribution is 14.1. The maximum Gasteiger partial charge on any atom is 0.335 e. The lowest BCUT2D eigenvalue weighted by Crippen LogP contribution is -2.54. The number of aryl methyl sites for hydroxylation is 1. The van der Waals surface area contributed by atoms with Crippen LogP contribution >= 0.6 is 22.6 Å². The molecule has 6 nitrogen and oxygen atoms in total. The van der Waals surface area contributed by atoms with Gasteiger partial charge in [-0.2, -0.15) is 0 Å². The van der Waals surface area contributed by atoms with E-state index in [0.29, 0.717) is 5.69 Å². The summed E-state index contributed by atoms with van der Waals surface area (Å²) in [6, 6.07) is 22.6. The Morgan fingerprint density at radius 1 is 0.941 bits per heavy atom. The summed E-state index contributed by atoms with van der Waals surface area (Å²) in [5.74, 6) is -1.31. The van der Waals surface area contributed by atoms with Gasteiger partial charge in [-0.3, -0.25) is 14.9 Å². The van der Waals surface area contributed by atoms with Gasteiger partial charge < -0.3 is 4.90 Å². The van der Waals surface area contributed by atoms with Gasteiger partial charge in [0, 0.05) is 22.3 Å². The number of nitrogens with zero attached hydrogens (tertiary/aromatic N) is 2. The minimum atomic E-state index is -0.740. The third kappa shape index (κ3) is 4.48. The molecule has 34 heavy (non-hydrogen) atoms. The zero-order valence-corrected chi connectivity index (χ0v) is 20.5. The Labute approximate surface area is 211 Å². The maximum absolute atomic E-state index is 13.1. The number of hydrogen-bond acceptors (Lipinski definition) is 4. The van der Waals surface area contributed by atoms with Crippen molar-refractivity contribution in [3.8, 4) is 0 Å². The van der Waals surface area contributed by atoms with E-state index < -0.39 is 17.8 Å². The average Bonchev–Trinajstić information content (AvgIpc) is 2.83. The van der Waals surface area contributed by atoms with Gasteiger partial charge >= 0.3 is 6.03 Å². The second-order valence-electron chi connectivity index (χ2n) is 8.33. The Hall–Kier alpha value is -3.46. The van der Waals surface area contributed by atoms with Crippen LogP contribution in [0.3, 0.4) is 0 Å². The number of halogens is 1. The average molecular weight is 563 g/mol. The lowest BCUT2D eigenvalue weighted by Gasteiger charge is -2.32. The normalized spacial score (nSPS) is 17.1. The van der Waals surface area contributed by atoms with Crippen LogP contribution in [-0.2, 0) is 22.6 Å². The first-order chi connectivity index (χ1) is 16.5. The molecule has 2 aliphatic rings. The van der Waals surface area contributed by atoms with E-state index in [1.807, 2.05) is 30.3 Å². The molecule has 2 heterocycles. The van der Waals surface area contributed by atoms with Crippen LogP contribution < -0.4 is 15.1 Å². The van der Waals surface area contributed by atoms with Crippen molar-refractivity contribution >= 4 is 57.9 Å². The third-order valence-electron chi connectivity index (χ3n) is 6.03. The number of rotatable bonds is 4. The second-order valence-corrected chi connectivity index (χ2v) is 9.58. The summed E-state index contributed by atoms with van der Waals surface area (Å²) in [6.07, 6.45) is 3.54. The van der Waals surface area contributed by atoms with Crippen molar-refractivity contribution in [1.29, 1.82) is 0 Å². The van der Waals surface area contributed by atoms with Crippen LogP contribution in [0.2, 0.25) is 0 Å². The molecule has 4 amide bonds. The fourth-order valence-corrected chi connectivity index (χ4v) is 4.76. The first kappa shape index (κ1) is 22.3. The minimum Gasteiger partial charge on any atom is -0.367 e. The van der Waals surface area contributed by atoms with Gasteiger partial charge in [0.1, 0.15) is 5.57 Å². The van der Waals surface area contributed by atoms with Crippen molar-refractivity contribution < 1.29 is 14.4 Å². The number of hydrogen-bond donors (Lipinski definition) is 1. The predicted molar refractivity (Wildman–Crippen MR) is 140 cm³/mol. The molecular weight excluding hydrogens is 541 g/mol. The molecular formula is C27H22IN3O3. The molecule has 5 rings (SSSR count). The number of carbonyl (C=O) groups excluding carboxylic acids is 3. The highest BCUT2D eigenvalue weighted by Gasteiger charge is 2.36. The first-order valence-electron chi connectivity index (χ1n) is 11.1. The first-order valence-corrected chi connectivity index (χ1v) is 12.2. The van der Waals surface area contributed by atoms with Crippen LogP contribution in [0.15, 0.2) is 78.4 Å². The fraction of sp³-hybridized carbons (Fsp3) is 0.148. The van der Waals surface area contributed by atoms with Gasteiger partial charge in [0.25, 0.3) is 11.8 Å². The van der Waals surface area contributed by atoms with Crippen LogP contribution in [0.5, 0.6) is 0 Å². The van der Waals surface area contributed by atoms with Crippen LogP contribution in [-0.4, -0.2) is 24.4 Å². The summed E-state index contributed by atoms with van der Waals surface area (Å²) >= 11 is 2.15. The Bertz CT molecular complexity index is 1300. The Balaban J connectivity index is 1.43. The maximum atomic E-state index is 13.1. The van der Waals surface area contributed by atoms with E-state index in [4.69, 9.17) is 0 Å². The number of fused-ring (bicyclic) bond motifs is 1. The van der Waals surface area contributed by atoms with E-state index in [0.717, 1.165) is 40.0 Å². The van der Waals surface area contributed by atoms with E-state index in [2.05, 4.69) is 51.0 Å². The van der Waals surface area contributed by atoms with Gasteiger partial charge in [0.15, 0.2) is 0 Å². The SMILES string of the molecule is O=C1NC(=O)N(c2ccc(I)cc2)C(=O)/C1=C/c1ccc2c(c1)CCCN2Cc1ccccc1. The summed E-state index contributed by atoms with van der Waals surface area (Å²) < 4.78 is 0.980. The molecule has 1 fully saturated rings. The standard InChI is InChI=1S/C27H22IN3O3/c28-21-9-11-22(12-10-21)31-26(33)23(25(32)29-27(31)34)16-19-8-13-24-20(15-19)7-4-14-30(24)17-18-5-2-1-3-6-18/h1-3,5-6,8-13,15-16H,4,7,14,17H2,(H,29,32,34)/b23-16+. The molecule has 0 spiro atoms. The molecule has 0 radical (unpaired) electrons. The van der Waals surface area contributed by atoms with Crippen LogP contribution in [0.1, 0.15) is 23.1 Å². The molecule has 1 N–H and O–H groups in total. The number of amides is 4. The molecule has 1 saturated heterocycles. The predicted octanol–water partition coefficient (Wildman–Crippen LogP) is 4.91. The van der Waals surface area contributed by atoms with Crippen LogP contribution in [0, 0.1) is 3.57 Å². The molecule has 0 bridgehead atoms. The molecule has 0 aromatic heterocycles. The molecule has 2 aliphatic heterocycles. The van der Waals surface area contributed by atoms with Crippen molar-refractivity contribution in [2.24, 2.45) is 0 Å². The van der Waals surface area contributed by atoms with E-state index in [9.17, 15) is 14.4 Å². The van der Waals surface area contributed by atoms with Crippen molar-refractivity contribution in [3.63, 3.8) is 0 Å². The van der Waals surface area contributed by atoms with E-state index in [-0.39, 0.29) is 5.57 Å². The van der Waals surface area contributed by atoms with Crippen molar-refractivity contribution in [2.45, 2.75) is 19.4 Å². The molecule has 3 aromatic carbocycles. The Kier molecular flexibility index (Phi) is 6.19. The minimum absolute atomic E-state index is 0.0601. The zero-order valence-electron chi connectivity index (χ0n) is 18.3. The monoisotopic (exact) mass is 563 g/mol. The highest BCUT2D eigenvalue weighted by atomic mass is 127. The molecule has 0 saturated carbocycles. The Morgan fingerprint density at radius 2 is 1.71 bits per heavy atom. The number of barbiturate groups is 1. The zero-order chi connectivity index (χ0) is 23.7. The molecule has 0 unspecified atom stereocenters. The molecule has 3 aromatic rings. The smallest absolute Gasteiger partial charge is 0.335 e. The molecule has 0 atom stereocenters. The number of imide groups is 2. The summed E-state index contributed by atoms with van der Waals surface area (Å²) in [6.45, 7) is 1.82. The summed E-state index contributed by atoms with van der Waals surface area (Å²) in [4.78, 5) is 41.5. The van der Waals surface area contributed by atoms with Crippen molar-refractivity contribution in [3.05, 3.63) is 98.6 Å². The number of carbonyl (C=O) groups is 3. The van der Waals surface area contributed by atoms with E-state index in [1.54, 1.807) is 30.3 Å². The largest absolute Gasteiger partial charge is 0.367 e. The summed E-state index contributed by atoms with van der Waals surface area (Å²) in [5, 5.41) is 2.29. The molecule has 7 heteroatoms. The fourth-order valence-electron chi connectivity index (χ4n) is 4.40. The number of nitrogens with one attached hydrogen (secondary N) is 1. The topological polar surface area (TPSA) is 69.7 Å².